The van der Waals surface area contributed by atoms with E-state index in [0.717, 1.165) is 26.1 Å². The summed E-state index contributed by atoms with van der Waals surface area (Å²) in [5, 5.41) is 3.51. The molecule has 0 fully saturated rings. The van der Waals surface area contributed by atoms with Gasteiger partial charge in [0.25, 0.3) is 0 Å². The fourth-order valence-corrected chi connectivity index (χ4v) is 1.82. The van der Waals surface area contributed by atoms with Crippen molar-refractivity contribution in [1.82, 2.24) is 10.2 Å². The van der Waals surface area contributed by atoms with Crippen molar-refractivity contribution in [3.8, 4) is 0 Å². The van der Waals surface area contributed by atoms with Crippen LogP contribution in [-0.2, 0) is 13.0 Å². The Bertz CT molecular complexity index is 295. The number of rotatable bonds is 7. The van der Waals surface area contributed by atoms with E-state index in [-0.39, 0.29) is 0 Å². The van der Waals surface area contributed by atoms with Crippen molar-refractivity contribution in [2.45, 2.75) is 26.3 Å². The highest BCUT2D eigenvalue weighted by Gasteiger charge is 1.98. The lowest BCUT2D eigenvalue weighted by atomic mass is 10.1. The molecule has 90 valence electrons. The zero-order chi connectivity index (χ0) is 11.8. The first kappa shape index (κ1) is 13.2. The average molecular weight is 220 g/mol. The van der Waals surface area contributed by atoms with E-state index >= 15 is 0 Å². The lowest BCUT2D eigenvalue weighted by Gasteiger charge is -2.11. The van der Waals surface area contributed by atoms with Crippen molar-refractivity contribution in [2.24, 2.45) is 0 Å². The summed E-state index contributed by atoms with van der Waals surface area (Å²) in [6, 6.07) is 8.68. The lowest BCUT2D eigenvalue weighted by Crippen LogP contribution is -2.21. The van der Waals surface area contributed by atoms with E-state index in [0.29, 0.717) is 0 Å². The van der Waals surface area contributed by atoms with E-state index < -0.39 is 0 Å². The molecule has 0 bridgehead atoms. The van der Waals surface area contributed by atoms with Crippen LogP contribution in [0.5, 0.6) is 0 Å². The largest absolute Gasteiger partial charge is 0.313 e. The standard InChI is InChI=1S/C14H24N2/c1-4-13-8-5-6-9-14(13)12-15-10-7-11-16(2)3/h5-6,8-9,15H,4,7,10-12H2,1-3H3. The van der Waals surface area contributed by atoms with Crippen LogP contribution < -0.4 is 5.32 Å². The molecule has 0 amide bonds. The highest BCUT2D eigenvalue weighted by atomic mass is 15.0. The molecule has 0 saturated carbocycles. The summed E-state index contributed by atoms with van der Waals surface area (Å²) in [5.41, 5.74) is 2.90. The predicted octanol–water partition coefficient (Wildman–Crippen LogP) is 2.29. The molecule has 1 aromatic carbocycles. The van der Waals surface area contributed by atoms with E-state index in [4.69, 9.17) is 0 Å². The minimum absolute atomic E-state index is 0.997. The van der Waals surface area contributed by atoms with Gasteiger partial charge in [0.1, 0.15) is 0 Å². The summed E-state index contributed by atoms with van der Waals surface area (Å²) < 4.78 is 0. The summed E-state index contributed by atoms with van der Waals surface area (Å²) in [6.07, 6.45) is 2.33. The number of benzene rings is 1. The Morgan fingerprint density at radius 3 is 2.44 bits per heavy atom. The van der Waals surface area contributed by atoms with Crippen molar-refractivity contribution < 1.29 is 0 Å². The third-order valence-corrected chi connectivity index (χ3v) is 2.77. The van der Waals surface area contributed by atoms with Gasteiger partial charge in [-0.05, 0) is 51.2 Å². The van der Waals surface area contributed by atoms with Crippen LogP contribution >= 0.6 is 0 Å². The number of nitrogens with one attached hydrogen (secondary N) is 1. The topological polar surface area (TPSA) is 15.3 Å². The van der Waals surface area contributed by atoms with E-state index in [1.54, 1.807) is 0 Å². The molecule has 2 nitrogen and oxygen atoms in total. The molecule has 0 aliphatic rings. The molecule has 0 unspecified atom stereocenters. The van der Waals surface area contributed by atoms with E-state index in [1.165, 1.54) is 17.5 Å². The Morgan fingerprint density at radius 1 is 1.12 bits per heavy atom. The van der Waals surface area contributed by atoms with Crippen LogP contribution in [0.2, 0.25) is 0 Å². The van der Waals surface area contributed by atoms with Crippen molar-refractivity contribution in [3.05, 3.63) is 35.4 Å². The molecule has 1 rings (SSSR count). The highest BCUT2D eigenvalue weighted by molar-refractivity contribution is 5.26. The summed E-state index contributed by atoms with van der Waals surface area (Å²) in [6.45, 7) is 5.46. The molecule has 0 radical (unpaired) electrons. The van der Waals surface area contributed by atoms with Crippen molar-refractivity contribution in [3.63, 3.8) is 0 Å². The highest BCUT2D eigenvalue weighted by Crippen LogP contribution is 2.08. The van der Waals surface area contributed by atoms with Crippen LogP contribution in [0.25, 0.3) is 0 Å². The molecule has 0 aromatic heterocycles. The predicted molar refractivity (Wildman–Crippen MR) is 70.7 cm³/mol. The maximum Gasteiger partial charge on any atom is 0.0208 e. The molecule has 0 spiro atoms. The van der Waals surface area contributed by atoms with Gasteiger partial charge in [0, 0.05) is 6.54 Å². The molecule has 1 aromatic rings. The molecule has 0 aliphatic carbocycles. The maximum atomic E-state index is 3.51. The van der Waals surface area contributed by atoms with Gasteiger partial charge in [0.05, 0.1) is 0 Å². The Hall–Kier alpha value is -0.860. The van der Waals surface area contributed by atoms with Crippen molar-refractivity contribution in [1.29, 1.82) is 0 Å². The van der Waals surface area contributed by atoms with Crippen LogP contribution in [0.4, 0.5) is 0 Å². The third-order valence-electron chi connectivity index (χ3n) is 2.77. The monoisotopic (exact) mass is 220 g/mol. The molecular weight excluding hydrogens is 196 g/mol. The van der Waals surface area contributed by atoms with Crippen molar-refractivity contribution >= 4 is 0 Å². The van der Waals surface area contributed by atoms with E-state index in [2.05, 4.69) is 55.5 Å². The van der Waals surface area contributed by atoms with Gasteiger partial charge in [-0.2, -0.15) is 0 Å². The van der Waals surface area contributed by atoms with Crippen LogP contribution in [0.15, 0.2) is 24.3 Å². The van der Waals surface area contributed by atoms with E-state index in [9.17, 15) is 0 Å². The second-order valence-electron chi connectivity index (χ2n) is 4.46. The molecular formula is C14H24N2. The van der Waals surface area contributed by atoms with Gasteiger partial charge in [-0.3, -0.25) is 0 Å². The van der Waals surface area contributed by atoms with E-state index in [1.807, 2.05) is 0 Å². The Kier molecular flexibility index (Phi) is 6.12. The van der Waals surface area contributed by atoms with Gasteiger partial charge in [-0.15, -0.1) is 0 Å². The first-order valence-corrected chi connectivity index (χ1v) is 6.16. The Morgan fingerprint density at radius 2 is 1.81 bits per heavy atom. The normalized spacial score (nSPS) is 11.0. The molecule has 0 aliphatic heterocycles. The fourth-order valence-electron chi connectivity index (χ4n) is 1.82. The van der Waals surface area contributed by atoms with Crippen LogP contribution in [0, 0.1) is 0 Å². The van der Waals surface area contributed by atoms with Crippen LogP contribution in [0.1, 0.15) is 24.5 Å². The fraction of sp³-hybridized carbons (Fsp3) is 0.571. The van der Waals surface area contributed by atoms with Gasteiger partial charge >= 0.3 is 0 Å². The molecule has 16 heavy (non-hydrogen) atoms. The summed E-state index contributed by atoms with van der Waals surface area (Å²) in [5.74, 6) is 0. The minimum Gasteiger partial charge on any atom is -0.313 e. The van der Waals surface area contributed by atoms with Gasteiger partial charge < -0.3 is 10.2 Å². The third kappa shape index (κ3) is 4.77. The second kappa shape index (κ2) is 7.42. The molecule has 0 saturated heterocycles. The number of nitrogens with zero attached hydrogens (tertiary/aromatic N) is 1. The molecule has 0 heterocycles. The Labute approximate surface area is 99.7 Å². The SMILES string of the molecule is CCc1ccccc1CNCCCN(C)C. The molecule has 2 heteroatoms. The number of aryl methyl sites for hydroxylation is 1. The Balaban J connectivity index is 2.26. The zero-order valence-corrected chi connectivity index (χ0v) is 10.8. The summed E-state index contributed by atoms with van der Waals surface area (Å²) in [7, 11) is 4.23. The summed E-state index contributed by atoms with van der Waals surface area (Å²) >= 11 is 0. The maximum absolute atomic E-state index is 3.51. The summed E-state index contributed by atoms with van der Waals surface area (Å²) in [4.78, 5) is 2.22. The second-order valence-corrected chi connectivity index (χ2v) is 4.46. The first-order valence-electron chi connectivity index (χ1n) is 6.16. The van der Waals surface area contributed by atoms with Crippen LogP contribution in [-0.4, -0.2) is 32.1 Å². The zero-order valence-electron chi connectivity index (χ0n) is 10.8. The lowest BCUT2D eigenvalue weighted by molar-refractivity contribution is 0.394. The smallest absolute Gasteiger partial charge is 0.0208 e. The molecule has 0 atom stereocenters. The number of hydrogen-bond donors (Lipinski definition) is 1. The van der Waals surface area contributed by atoms with Crippen molar-refractivity contribution in [2.75, 3.05) is 27.2 Å². The molecule has 1 N–H and O–H groups in total. The van der Waals surface area contributed by atoms with Gasteiger partial charge in [0.15, 0.2) is 0 Å². The van der Waals surface area contributed by atoms with Crippen LogP contribution in [0.3, 0.4) is 0 Å². The minimum atomic E-state index is 0.997. The van der Waals surface area contributed by atoms with Gasteiger partial charge in [-0.1, -0.05) is 31.2 Å². The quantitative estimate of drug-likeness (QED) is 0.709. The number of hydrogen-bond acceptors (Lipinski definition) is 2. The van der Waals surface area contributed by atoms with Gasteiger partial charge in [0.2, 0.25) is 0 Å². The van der Waals surface area contributed by atoms with Gasteiger partial charge in [-0.25, -0.2) is 0 Å². The average Bonchev–Trinajstić information content (AvgIpc) is 2.29. The first-order chi connectivity index (χ1) is 7.74.